The Balaban J connectivity index is 1.81. The number of rotatable bonds is 3. The highest BCUT2D eigenvalue weighted by Crippen LogP contribution is 2.29. The number of fused-ring (bicyclic) bond motifs is 1. The van der Waals surface area contributed by atoms with Gasteiger partial charge in [-0.25, -0.2) is 4.98 Å². The molecule has 0 saturated carbocycles. The summed E-state index contributed by atoms with van der Waals surface area (Å²) in [5, 5.41) is 0. The number of hydrogen-bond donors (Lipinski definition) is 0. The van der Waals surface area contributed by atoms with Crippen molar-refractivity contribution in [2.45, 2.75) is 10.9 Å². The predicted molar refractivity (Wildman–Crippen MR) is 92.4 cm³/mol. The molecule has 0 radical (unpaired) electrons. The Kier molecular flexibility index (Phi) is 4.09. The maximum atomic E-state index is 4.56. The standard InChI is InChI=1S/C13H12IN3S2/c1-18-13-16-10-3-2-9(6-11(10)19-13)7-17-5-4-15-12(14)8-17/h2-6H,7-8H2,1H3. The van der Waals surface area contributed by atoms with E-state index < -0.39 is 0 Å². The topological polar surface area (TPSA) is 28.5 Å². The van der Waals surface area contributed by atoms with Crippen molar-refractivity contribution in [3.05, 3.63) is 36.2 Å². The second kappa shape index (κ2) is 5.80. The summed E-state index contributed by atoms with van der Waals surface area (Å²) in [6.07, 6.45) is 5.98. The molecule has 0 atom stereocenters. The highest BCUT2D eigenvalue weighted by Gasteiger charge is 2.09. The first-order valence-electron chi connectivity index (χ1n) is 5.81. The summed E-state index contributed by atoms with van der Waals surface area (Å²) in [6, 6.07) is 6.53. The monoisotopic (exact) mass is 401 g/mol. The van der Waals surface area contributed by atoms with E-state index in [1.807, 2.05) is 12.4 Å². The van der Waals surface area contributed by atoms with Crippen molar-refractivity contribution >= 4 is 59.6 Å². The van der Waals surface area contributed by atoms with Gasteiger partial charge in [-0.05, 0) is 46.5 Å². The van der Waals surface area contributed by atoms with Gasteiger partial charge >= 0.3 is 0 Å². The second-order valence-corrected chi connectivity index (χ2v) is 7.52. The Morgan fingerprint density at radius 3 is 3.16 bits per heavy atom. The van der Waals surface area contributed by atoms with Crippen LogP contribution in [0.3, 0.4) is 0 Å². The van der Waals surface area contributed by atoms with Crippen LogP contribution >= 0.6 is 45.7 Å². The highest BCUT2D eigenvalue weighted by molar-refractivity contribution is 14.1. The van der Waals surface area contributed by atoms with Crippen LogP contribution in [0.5, 0.6) is 0 Å². The number of nitrogens with zero attached hydrogens (tertiary/aromatic N) is 3. The van der Waals surface area contributed by atoms with E-state index >= 15 is 0 Å². The Morgan fingerprint density at radius 1 is 1.47 bits per heavy atom. The fourth-order valence-corrected chi connectivity index (χ4v) is 4.10. The van der Waals surface area contributed by atoms with E-state index in [1.54, 1.807) is 23.1 Å². The van der Waals surface area contributed by atoms with E-state index in [0.717, 1.165) is 26.7 Å². The SMILES string of the molecule is CSc1nc2ccc(CN3C=CN=C(I)C3)cc2s1. The van der Waals surface area contributed by atoms with Crippen LogP contribution in [0.25, 0.3) is 10.2 Å². The molecule has 0 unspecified atom stereocenters. The maximum Gasteiger partial charge on any atom is 0.150 e. The summed E-state index contributed by atoms with van der Waals surface area (Å²) in [7, 11) is 0. The lowest BCUT2D eigenvalue weighted by Gasteiger charge is -2.21. The van der Waals surface area contributed by atoms with Crippen molar-refractivity contribution in [3.63, 3.8) is 0 Å². The van der Waals surface area contributed by atoms with Gasteiger partial charge < -0.3 is 4.90 Å². The number of aliphatic imine (C=N–C) groups is 1. The van der Waals surface area contributed by atoms with Crippen molar-refractivity contribution in [2.24, 2.45) is 4.99 Å². The van der Waals surface area contributed by atoms with Gasteiger partial charge in [0, 0.05) is 18.9 Å². The van der Waals surface area contributed by atoms with E-state index in [1.165, 1.54) is 10.3 Å². The molecule has 0 fully saturated rings. The van der Waals surface area contributed by atoms with Crippen LogP contribution in [0.4, 0.5) is 0 Å². The molecule has 1 aliphatic rings. The van der Waals surface area contributed by atoms with Crippen molar-refractivity contribution in [1.82, 2.24) is 9.88 Å². The lowest BCUT2D eigenvalue weighted by molar-refractivity contribution is 0.418. The van der Waals surface area contributed by atoms with E-state index in [0.29, 0.717) is 0 Å². The van der Waals surface area contributed by atoms with Crippen LogP contribution in [0.15, 0.2) is 39.9 Å². The molecule has 0 spiro atoms. The molecule has 2 aromatic rings. The van der Waals surface area contributed by atoms with Crippen LogP contribution in [0.1, 0.15) is 5.56 Å². The zero-order valence-electron chi connectivity index (χ0n) is 10.3. The molecule has 0 saturated heterocycles. The fraction of sp³-hybridized carbons (Fsp3) is 0.231. The van der Waals surface area contributed by atoms with Gasteiger partial charge in [0.1, 0.15) is 0 Å². The molecule has 19 heavy (non-hydrogen) atoms. The first kappa shape index (κ1) is 13.4. The largest absolute Gasteiger partial charge is 0.365 e. The molecule has 6 heteroatoms. The molecule has 0 amide bonds. The van der Waals surface area contributed by atoms with Gasteiger partial charge in [-0.3, -0.25) is 4.99 Å². The first-order valence-corrected chi connectivity index (χ1v) is 8.93. The van der Waals surface area contributed by atoms with E-state index in [2.05, 4.69) is 61.9 Å². The van der Waals surface area contributed by atoms with Gasteiger partial charge in [0.25, 0.3) is 0 Å². The average Bonchev–Trinajstić information content (AvgIpc) is 2.81. The summed E-state index contributed by atoms with van der Waals surface area (Å²) in [6.45, 7) is 1.81. The average molecular weight is 401 g/mol. The van der Waals surface area contributed by atoms with Crippen LogP contribution < -0.4 is 0 Å². The minimum Gasteiger partial charge on any atom is -0.365 e. The lowest BCUT2D eigenvalue weighted by Crippen LogP contribution is -2.23. The molecule has 3 nitrogen and oxygen atoms in total. The fourth-order valence-electron chi connectivity index (χ4n) is 1.95. The van der Waals surface area contributed by atoms with Gasteiger partial charge in [-0.2, -0.15) is 0 Å². The van der Waals surface area contributed by atoms with E-state index in [4.69, 9.17) is 0 Å². The van der Waals surface area contributed by atoms with Gasteiger partial charge in [0.05, 0.1) is 20.5 Å². The molecular formula is C13H12IN3S2. The predicted octanol–water partition coefficient (Wildman–Crippen LogP) is 4.14. The number of thioether (sulfide) groups is 1. The Hall–Kier alpha value is -0.600. The van der Waals surface area contributed by atoms with Crippen LogP contribution in [-0.4, -0.2) is 26.4 Å². The van der Waals surface area contributed by atoms with E-state index in [-0.39, 0.29) is 0 Å². The van der Waals surface area contributed by atoms with Crippen LogP contribution in [0, 0.1) is 0 Å². The minimum atomic E-state index is 0.897. The van der Waals surface area contributed by atoms with Crippen molar-refractivity contribution in [1.29, 1.82) is 0 Å². The molecule has 0 aliphatic carbocycles. The Bertz CT molecular complexity index is 663. The number of halogens is 1. The molecule has 3 rings (SSSR count). The minimum absolute atomic E-state index is 0.897. The third kappa shape index (κ3) is 3.11. The van der Waals surface area contributed by atoms with Crippen molar-refractivity contribution in [3.8, 4) is 0 Å². The molecule has 0 N–H and O–H groups in total. The van der Waals surface area contributed by atoms with Gasteiger partial charge in [-0.1, -0.05) is 17.8 Å². The quantitative estimate of drug-likeness (QED) is 0.572. The summed E-state index contributed by atoms with van der Waals surface area (Å²) in [5.74, 6) is 0. The molecule has 1 aromatic carbocycles. The van der Waals surface area contributed by atoms with Gasteiger partial charge in [0.2, 0.25) is 0 Å². The zero-order chi connectivity index (χ0) is 13.2. The van der Waals surface area contributed by atoms with Crippen LogP contribution in [-0.2, 0) is 6.54 Å². The third-order valence-corrected chi connectivity index (χ3v) is 5.44. The molecule has 2 heterocycles. The zero-order valence-corrected chi connectivity index (χ0v) is 14.1. The molecule has 1 aromatic heterocycles. The van der Waals surface area contributed by atoms with Crippen molar-refractivity contribution < 1.29 is 0 Å². The second-order valence-electron chi connectivity index (χ2n) is 4.19. The number of hydrogen-bond acceptors (Lipinski definition) is 5. The smallest absolute Gasteiger partial charge is 0.150 e. The number of thiazole rings is 1. The number of benzene rings is 1. The molecular weight excluding hydrogens is 389 g/mol. The number of aromatic nitrogens is 1. The Labute approximate surface area is 134 Å². The van der Waals surface area contributed by atoms with Crippen molar-refractivity contribution in [2.75, 3.05) is 12.8 Å². The lowest BCUT2D eigenvalue weighted by atomic mass is 10.2. The summed E-state index contributed by atoms with van der Waals surface area (Å²) in [5.41, 5.74) is 2.42. The van der Waals surface area contributed by atoms with Crippen LogP contribution in [0.2, 0.25) is 0 Å². The molecule has 0 bridgehead atoms. The van der Waals surface area contributed by atoms with E-state index in [9.17, 15) is 0 Å². The molecule has 1 aliphatic heterocycles. The summed E-state index contributed by atoms with van der Waals surface area (Å²) < 4.78 is 3.53. The van der Waals surface area contributed by atoms with Gasteiger partial charge in [0.15, 0.2) is 4.34 Å². The third-order valence-electron chi connectivity index (χ3n) is 2.82. The molecule has 98 valence electrons. The summed E-state index contributed by atoms with van der Waals surface area (Å²) in [4.78, 5) is 11.1. The maximum absolute atomic E-state index is 4.56. The summed E-state index contributed by atoms with van der Waals surface area (Å²) >= 11 is 5.75. The normalized spacial score (nSPS) is 15.1. The first-order chi connectivity index (χ1) is 9.24. The Morgan fingerprint density at radius 2 is 2.37 bits per heavy atom. The highest BCUT2D eigenvalue weighted by atomic mass is 127. The van der Waals surface area contributed by atoms with Gasteiger partial charge in [-0.15, -0.1) is 11.3 Å².